The van der Waals surface area contributed by atoms with Crippen LogP contribution in [0.5, 0.6) is 0 Å². The second-order valence-corrected chi connectivity index (χ2v) is 4.23. The van der Waals surface area contributed by atoms with E-state index < -0.39 is 23.1 Å². The Bertz CT molecular complexity index is 415. The molecule has 0 aliphatic rings. The van der Waals surface area contributed by atoms with Crippen molar-refractivity contribution in [1.82, 2.24) is 0 Å². The van der Waals surface area contributed by atoms with E-state index in [2.05, 4.69) is 15.9 Å². The van der Waals surface area contributed by atoms with Crippen LogP contribution < -0.4 is 0 Å². The third-order valence-corrected chi connectivity index (χ3v) is 2.85. The highest BCUT2D eigenvalue weighted by Gasteiger charge is 2.35. The van der Waals surface area contributed by atoms with Gasteiger partial charge in [0.1, 0.15) is 5.82 Å². The maximum atomic E-state index is 13.2. The molecule has 0 amide bonds. The van der Waals surface area contributed by atoms with Crippen molar-refractivity contribution in [3.05, 3.63) is 33.0 Å². The van der Waals surface area contributed by atoms with Crippen molar-refractivity contribution in [2.75, 3.05) is 0 Å². The zero-order chi connectivity index (χ0) is 11.8. The number of halogens is 5. The smallest absolute Gasteiger partial charge is 0.287 e. The van der Waals surface area contributed by atoms with Gasteiger partial charge in [-0.1, -0.05) is 11.6 Å². The molecule has 0 saturated carbocycles. The minimum absolute atomic E-state index is 0.00370. The first-order chi connectivity index (χ1) is 6.73. The van der Waals surface area contributed by atoms with Crippen LogP contribution in [0.3, 0.4) is 0 Å². The molecular weight excluding hydrogens is 296 g/mol. The van der Waals surface area contributed by atoms with Crippen LogP contribution in [0.15, 0.2) is 16.6 Å². The summed E-state index contributed by atoms with van der Waals surface area (Å²) in [6.45, 7) is 0.407. The van der Waals surface area contributed by atoms with Crippen LogP contribution in [0.2, 0.25) is 5.02 Å². The third-order valence-electron chi connectivity index (χ3n) is 1.65. The van der Waals surface area contributed by atoms with Crippen LogP contribution in [0.1, 0.15) is 17.3 Å². The molecule has 1 aromatic carbocycles. The predicted molar refractivity (Wildman–Crippen MR) is 54.1 cm³/mol. The molecule has 82 valence electrons. The van der Waals surface area contributed by atoms with Gasteiger partial charge in [0, 0.05) is 11.4 Å². The highest BCUT2D eigenvalue weighted by Crippen LogP contribution is 2.28. The molecule has 0 spiro atoms. The first kappa shape index (κ1) is 12.5. The molecule has 0 heterocycles. The summed E-state index contributed by atoms with van der Waals surface area (Å²) < 4.78 is 38.7. The fourth-order valence-corrected chi connectivity index (χ4v) is 1.41. The Balaban J connectivity index is 3.28. The lowest BCUT2D eigenvalue weighted by Crippen LogP contribution is -2.25. The largest absolute Gasteiger partial charge is 0.307 e. The molecule has 0 fully saturated rings. The fourth-order valence-electron chi connectivity index (χ4n) is 0.933. The van der Waals surface area contributed by atoms with Gasteiger partial charge in [-0.25, -0.2) is 4.39 Å². The van der Waals surface area contributed by atoms with Gasteiger partial charge in [-0.2, -0.15) is 8.78 Å². The summed E-state index contributed by atoms with van der Waals surface area (Å²) in [7, 11) is 0. The number of alkyl halides is 2. The van der Waals surface area contributed by atoms with E-state index in [1.807, 2.05) is 0 Å². The molecule has 0 saturated heterocycles. The van der Waals surface area contributed by atoms with Gasteiger partial charge in [0.2, 0.25) is 5.78 Å². The number of Topliss-reactive ketones (excluding diaryl/α,β-unsaturated/α-hetero) is 1. The second-order valence-electron chi connectivity index (χ2n) is 2.96. The summed E-state index contributed by atoms with van der Waals surface area (Å²) in [5, 5.41) is 0.00370. The molecule has 15 heavy (non-hydrogen) atoms. The molecule has 1 aromatic rings. The Morgan fingerprint density at radius 3 is 2.47 bits per heavy atom. The van der Waals surface area contributed by atoms with Gasteiger partial charge in [-0.05, 0) is 28.1 Å². The molecule has 0 radical (unpaired) electrons. The van der Waals surface area contributed by atoms with E-state index in [9.17, 15) is 18.0 Å². The van der Waals surface area contributed by atoms with E-state index in [-0.39, 0.29) is 9.50 Å². The quantitative estimate of drug-likeness (QED) is 0.594. The average molecular weight is 301 g/mol. The summed E-state index contributed by atoms with van der Waals surface area (Å²) in [5.74, 6) is -6.23. The van der Waals surface area contributed by atoms with Crippen LogP contribution in [-0.4, -0.2) is 11.7 Å². The standard InChI is InChI=1S/C9H5BrClF3O/c1-9(13,14)8(15)4-2-6(11)5(10)3-7(4)12/h2-3H,1H3. The van der Waals surface area contributed by atoms with Crippen molar-refractivity contribution < 1.29 is 18.0 Å². The fraction of sp³-hybridized carbons (Fsp3) is 0.222. The Hall–Kier alpha value is -0.550. The molecule has 0 aliphatic heterocycles. The number of benzene rings is 1. The minimum atomic E-state index is -3.61. The lowest BCUT2D eigenvalue weighted by atomic mass is 10.1. The van der Waals surface area contributed by atoms with Crippen molar-refractivity contribution in [2.45, 2.75) is 12.8 Å². The van der Waals surface area contributed by atoms with Gasteiger partial charge in [-0.15, -0.1) is 0 Å². The van der Waals surface area contributed by atoms with Crippen LogP contribution >= 0.6 is 27.5 Å². The SMILES string of the molecule is CC(F)(F)C(=O)c1cc(Cl)c(Br)cc1F. The number of rotatable bonds is 2. The van der Waals surface area contributed by atoms with E-state index >= 15 is 0 Å². The van der Waals surface area contributed by atoms with Crippen LogP contribution in [-0.2, 0) is 0 Å². The van der Waals surface area contributed by atoms with E-state index in [1.165, 1.54) is 0 Å². The Kier molecular flexibility index (Phi) is 3.45. The van der Waals surface area contributed by atoms with Crippen molar-refractivity contribution in [2.24, 2.45) is 0 Å². The molecule has 0 bridgehead atoms. The molecule has 1 nitrogen and oxygen atoms in total. The zero-order valence-corrected chi connectivity index (χ0v) is 9.79. The first-order valence-electron chi connectivity index (χ1n) is 3.80. The monoisotopic (exact) mass is 300 g/mol. The Morgan fingerprint density at radius 2 is 2.00 bits per heavy atom. The van der Waals surface area contributed by atoms with E-state index in [1.54, 1.807) is 0 Å². The van der Waals surface area contributed by atoms with Crippen LogP contribution in [0.4, 0.5) is 13.2 Å². The first-order valence-corrected chi connectivity index (χ1v) is 4.97. The van der Waals surface area contributed by atoms with Gasteiger partial charge < -0.3 is 0 Å². The highest BCUT2D eigenvalue weighted by atomic mass is 79.9. The normalized spacial score (nSPS) is 11.6. The summed E-state index contributed by atoms with van der Waals surface area (Å²) >= 11 is 8.48. The molecular formula is C9H5BrClF3O. The topological polar surface area (TPSA) is 17.1 Å². The average Bonchev–Trinajstić information content (AvgIpc) is 2.08. The zero-order valence-electron chi connectivity index (χ0n) is 7.45. The van der Waals surface area contributed by atoms with E-state index in [4.69, 9.17) is 11.6 Å². The maximum absolute atomic E-state index is 13.2. The van der Waals surface area contributed by atoms with E-state index in [0.29, 0.717) is 6.92 Å². The third kappa shape index (κ3) is 2.72. The molecule has 0 aliphatic carbocycles. The summed E-state index contributed by atoms with van der Waals surface area (Å²) in [6.07, 6.45) is 0. The lowest BCUT2D eigenvalue weighted by Gasteiger charge is -2.10. The van der Waals surface area contributed by atoms with Crippen molar-refractivity contribution in [3.63, 3.8) is 0 Å². The van der Waals surface area contributed by atoms with Crippen LogP contribution in [0.25, 0.3) is 0 Å². The van der Waals surface area contributed by atoms with Crippen LogP contribution in [0, 0.1) is 5.82 Å². The number of ketones is 1. The van der Waals surface area contributed by atoms with Crippen molar-refractivity contribution in [1.29, 1.82) is 0 Å². The molecule has 1 rings (SSSR count). The van der Waals surface area contributed by atoms with Crippen molar-refractivity contribution >= 4 is 33.3 Å². The Labute approximate surface area is 97.4 Å². The molecule has 0 atom stereocenters. The number of hydrogen-bond acceptors (Lipinski definition) is 1. The minimum Gasteiger partial charge on any atom is -0.287 e. The molecule has 0 N–H and O–H groups in total. The summed E-state index contributed by atoms with van der Waals surface area (Å²) in [5.41, 5.74) is -0.712. The van der Waals surface area contributed by atoms with Gasteiger partial charge in [0.25, 0.3) is 0 Å². The molecule has 6 heteroatoms. The highest BCUT2D eigenvalue weighted by molar-refractivity contribution is 9.10. The molecule has 0 aromatic heterocycles. The number of carbonyl (C=O) groups excluding carboxylic acids is 1. The maximum Gasteiger partial charge on any atom is 0.307 e. The molecule has 0 unspecified atom stereocenters. The van der Waals surface area contributed by atoms with E-state index in [0.717, 1.165) is 12.1 Å². The van der Waals surface area contributed by atoms with Gasteiger partial charge in [-0.3, -0.25) is 4.79 Å². The van der Waals surface area contributed by atoms with Gasteiger partial charge in [0.05, 0.1) is 10.6 Å². The summed E-state index contributed by atoms with van der Waals surface area (Å²) in [6, 6.07) is 1.75. The number of hydrogen-bond donors (Lipinski definition) is 0. The Morgan fingerprint density at radius 1 is 1.47 bits per heavy atom. The van der Waals surface area contributed by atoms with Gasteiger partial charge >= 0.3 is 5.92 Å². The summed E-state index contributed by atoms with van der Waals surface area (Å²) in [4.78, 5) is 11.1. The lowest BCUT2D eigenvalue weighted by molar-refractivity contribution is 0.0217. The second kappa shape index (κ2) is 4.14. The van der Waals surface area contributed by atoms with Crippen molar-refractivity contribution in [3.8, 4) is 0 Å². The van der Waals surface area contributed by atoms with Gasteiger partial charge in [0.15, 0.2) is 0 Å². The number of carbonyl (C=O) groups is 1. The predicted octanol–water partition coefficient (Wildman–Crippen LogP) is 4.08.